The molecule has 2 fully saturated rings. The van der Waals surface area contributed by atoms with Gasteiger partial charge in [-0.1, -0.05) is 6.92 Å². The molecule has 0 radical (unpaired) electrons. The Balaban J connectivity index is 2.06. The van der Waals surface area contributed by atoms with Crippen molar-refractivity contribution in [1.29, 1.82) is 0 Å². The van der Waals surface area contributed by atoms with Gasteiger partial charge in [-0.05, 0) is 24.8 Å². The number of hydrogen-bond donors (Lipinski definition) is 1. The molecule has 0 aromatic rings. The number of rotatable bonds is 1. The maximum absolute atomic E-state index is 5.78. The zero-order chi connectivity index (χ0) is 9.36. The van der Waals surface area contributed by atoms with Crippen LogP contribution in [0.5, 0.6) is 0 Å². The molecule has 76 valence electrons. The highest BCUT2D eigenvalue weighted by Gasteiger charge is 2.45. The Kier molecular flexibility index (Phi) is 2.34. The van der Waals surface area contributed by atoms with Gasteiger partial charge in [-0.2, -0.15) is 0 Å². The average Bonchev–Trinajstić information content (AvgIpc) is 2.53. The fourth-order valence-electron chi connectivity index (χ4n) is 2.53. The van der Waals surface area contributed by atoms with Gasteiger partial charge in [0.1, 0.15) is 0 Å². The van der Waals surface area contributed by atoms with Gasteiger partial charge in [0.05, 0.1) is 13.2 Å². The Labute approximate surface area is 79.6 Å². The lowest BCUT2D eigenvalue weighted by Gasteiger charge is -2.42. The zero-order valence-electron chi connectivity index (χ0n) is 8.34. The second kappa shape index (κ2) is 3.23. The van der Waals surface area contributed by atoms with Gasteiger partial charge in [0.25, 0.3) is 0 Å². The van der Waals surface area contributed by atoms with E-state index in [0.717, 1.165) is 32.6 Å². The van der Waals surface area contributed by atoms with Gasteiger partial charge in [-0.3, -0.25) is 0 Å². The average molecular weight is 185 g/mol. The second-order valence-corrected chi connectivity index (χ2v) is 4.65. The summed E-state index contributed by atoms with van der Waals surface area (Å²) in [7, 11) is 0. The molecule has 1 saturated carbocycles. The van der Waals surface area contributed by atoms with E-state index in [1.54, 1.807) is 0 Å². The molecule has 1 unspecified atom stereocenters. The summed E-state index contributed by atoms with van der Waals surface area (Å²) < 4.78 is 11.4. The van der Waals surface area contributed by atoms with E-state index >= 15 is 0 Å². The van der Waals surface area contributed by atoms with Crippen molar-refractivity contribution in [2.24, 2.45) is 11.1 Å². The van der Waals surface area contributed by atoms with Crippen LogP contribution in [0.25, 0.3) is 0 Å². The first-order valence-corrected chi connectivity index (χ1v) is 5.16. The van der Waals surface area contributed by atoms with Gasteiger partial charge in [0, 0.05) is 12.8 Å². The Morgan fingerprint density at radius 1 is 1.23 bits per heavy atom. The van der Waals surface area contributed by atoms with E-state index in [9.17, 15) is 0 Å². The van der Waals surface area contributed by atoms with Gasteiger partial charge in [0.15, 0.2) is 5.79 Å². The van der Waals surface area contributed by atoms with Crippen molar-refractivity contribution in [3.63, 3.8) is 0 Å². The van der Waals surface area contributed by atoms with Gasteiger partial charge in [-0.25, -0.2) is 0 Å². The van der Waals surface area contributed by atoms with Crippen molar-refractivity contribution in [3.05, 3.63) is 0 Å². The minimum absolute atomic E-state index is 0.225. The van der Waals surface area contributed by atoms with Crippen LogP contribution in [0.2, 0.25) is 0 Å². The molecule has 2 rings (SSSR count). The van der Waals surface area contributed by atoms with E-state index in [1.165, 1.54) is 12.8 Å². The number of nitrogens with two attached hydrogens (primary N) is 1. The summed E-state index contributed by atoms with van der Waals surface area (Å²) in [4.78, 5) is 0. The third kappa shape index (κ3) is 1.73. The van der Waals surface area contributed by atoms with Crippen LogP contribution in [0.4, 0.5) is 0 Å². The fraction of sp³-hybridized carbons (Fsp3) is 1.00. The van der Waals surface area contributed by atoms with Gasteiger partial charge < -0.3 is 15.2 Å². The third-order valence-corrected chi connectivity index (χ3v) is 3.34. The molecule has 1 spiro atoms. The summed E-state index contributed by atoms with van der Waals surface area (Å²) >= 11 is 0. The lowest BCUT2D eigenvalue weighted by molar-refractivity contribution is -0.198. The van der Waals surface area contributed by atoms with Crippen molar-refractivity contribution in [2.45, 2.75) is 38.4 Å². The standard InChI is InChI=1S/C10H19NO2/c1-9(8-11)3-2-4-10(7-9)12-5-6-13-10/h2-8,11H2,1H3. The van der Waals surface area contributed by atoms with Crippen molar-refractivity contribution in [2.75, 3.05) is 19.8 Å². The Morgan fingerprint density at radius 3 is 2.54 bits per heavy atom. The SMILES string of the molecule is CC1(CN)CCCC2(C1)OCCO2. The van der Waals surface area contributed by atoms with Crippen LogP contribution in [0, 0.1) is 5.41 Å². The quantitative estimate of drug-likeness (QED) is 0.669. The number of hydrogen-bond acceptors (Lipinski definition) is 3. The minimum atomic E-state index is -0.271. The molecular formula is C10H19NO2. The predicted octanol–water partition coefficient (Wildman–Crippen LogP) is 1.27. The number of ether oxygens (including phenoxy) is 2. The molecule has 0 aromatic carbocycles. The van der Waals surface area contributed by atoms with E-state index in [-0.39, 0.29) is 11.2 Å². The topological polar surface area (TPSA) is 44.5 Å². The Hall–Kier alpha value is -0.120. The molecular weight excluding hydrogens is 166 g/mol. The normalized spacial score (nSPS) is 38.3. The minimum Gasteiger partial charge on any atom is -0.348 e. The summed E-state index contributed by atoms with van der Waals surface area (Å²) in [5.74, 6) is -0.271. The van der Waals surface area contributed by atoms with E-state index < -0.39 is 0 Å². The highest BCUT2D eigenvalue weighted by atomic mass is 16.7. The van der Waals surface area contributed by atoms with Crippen LogP contribution in [0.15, 0.2) is 0 Å². The van der Waals surface area contributed by atoms with Gasteiger partial charge in [-0.15, -0.1) is 0 Å². The van der Waals surface area contributed by atoms with Crippen molar-refractivity contribution >= 4 is 0 Å². The third-order valence-electron chi connectivity index (χ3n) is 3.34. The van der Waals surface area contributed by atoms with Crippen LogP contribution in [0.3, 0.4) is 0 Å². The second-order valence-electron chi connectivity index (χ2n) is 4.65. The molecule has 13 heavy (non-hydrogen) atoms. The smallest absolute Gasteiger partial charge is 0.169 e. The van der Waals surface area contributed by atoms with E-state index in [1.807, 2.05) is 0 Å². The van der Waals surface area contributed by atoms with Crippen molar-refractivity contribution < 1.29 is 9.47 Å². The molecule has 0 amide bonds. The highest BCUT2D eigenvalue weighted by molar-refractivity contribution is 4.90. The summed E-state index contributed by atoms with van der Waals surface area (Å²) in [5, 5.41) is 0. The fourth-order valence-corrected chi connectivity index (χ4v) is 2.53. The van der Waals surface area contributed by atoms with Crippen LogP contribution >= 0.6 is 0 Å². The molecule has 2 aliphatic rings. The first kappa shape index (κ1) is 9.44. The highest BCUT2D eigenvalue weighted by Crippen LogP contribution is 2.44. The maximum Gasteiger partial charge on any atom is 0.169 e. The molecule has 1 heterocycles. The van der Waals surface area contributed by atoms with Crippen LogP contribution in [-0.4, -0.2) is 25.5 Å². The zero-order valence-corrected chi connectivity index (χ0v) is 8.34. The molecule has 0 bridgehead atoms. The molecule has 1 aliphatic carbocycles. The summed E-state index contributed by atoms with van der Waals surface area (Å²) in [5.41, 5.74) is 6.00. The van der Waals surface area contributed by atoms with E-state index in [0.29, 0.717) is 0 Å². The summed E-state index contributed by atoms with van der Waals surface area (Å²) in [6, 6.07) is 0. The Bertz CT molecular complexity index is 189. The molecule has 3 heteroatoms. The first-order chi connectivity index (χ1) is 6.18. The molecule has 1 atom stereocenters. The van der Waals surface area contributed by atoms with Crippen LogP contribution < -0.4 is 5.73 Å². The molecule has 1 aliphatic heterocycles. The molecule has 1 saturated heterocycles. The lowest BCUT2D eigenvalue weighted by Crippen LogP contribution is -2.44. The summed E-state index contributed by atoms with van der Waals surface area (Å²) in [6.45, 7) is 4.47. The van der Waals surface area contributed by atoms with Crippen LogP contribution in [-0.2, 0) is 9.47 Å². The van der Waals surface area contributed by atoms with E-state index in [4.69, 9.17) is 15.2 Å². The molecule has 0 aromatic heterocycles. The predicted molar refractivity (Wildman–Crippen MR) is 50.3 cm³/mol. The van der Waals surface area contributed by atoms with Crippen LogP contribution in [0.1, 0.15) is 32.6 Å². The first-order valence-electron chi connectivity index (χ1n) is 5.16. The largest absolute Gasteiger partial charge is 0.348 e. The maximum atomic E-state index is 5.78. The molecule has 3 nitrogen and oxygen atoms in total. The summed E-state index contributed by atoms with van der Waals surface area (Å²) in [6.07, 6.45) is 4.39. The van der Waals surface area contributed by atoms with Crippen molar-refractivity contribution in [1.82, 2.24) is 0 Å². The van der Waals surface area contributed by atoms with E-state index in [2.05, 4.69) is 6.92 Å². The monoisotopic (exact) mass is 185 g/mol. The van der Waals surface area contributed by atoms with Crippen molar-refractivity contribution in [3.8, 4) is 0 Å². The molecule has 2 N–H and O–H groups in total. The van der Waals surface area contributed by atoms with Gasteiger partial charge >= 0.3 is 0 Å². The Morgan fingerprint density at radius 2 is 1.92 bits per heavy atom. The lowest BCUT2D eigenvalue weighted by atomic mass is 9.73. The van der Waals surface area contributed by atoms with Gasteiger partial charge in [0.2, 0.25) is 0 Å².